The molecule has 3 fully saturated rings. The maximum absolute atomic E-state index is 11.8. The van der Waals surface area contributed by atoms with Gasteiger partial charge in [0, 0.05) is 5.41 Å². The van der Waals surface area contributed by atoms with Gasteiger partial charge in [-0.25, -0.2) is 0 Å². The molecule has 0 aromatic carbocycles. The lowest BCUT2D eigenvalue weighted by Gasteiger charge is -2.58. The first kappa shape index (κ1) is 14.7. The summed E-state index contributed by atoms with van der Waals surface area (Å²) in [7, 11) is 0. The molecule has 4 aliphatic rings. The van der Waals surface area contributed by atoms with Gasteiger partial charge in [0.2, 0.25) is 0 Å². The summed E-state index contributed by atoms with van der Waals surface area (Å²) in [5.74, 6) is 2.76. The highest BCUT2D eigenvalue weighted by molar-refractivity contribution is 6.01. The number of carbonyl (C=O) groups is 1. The predicted molar refractivity (Wildman–Crippen MR) is 87.2 cm³/mol. The van der Waals surface area contributed by atoms with Crippen LogP contribution in [-0.4, -0.2) is 17.0 Å². The van der Waals surface area contributed by atoms with Gasteiger partial charge in [0.25, 0.3) is 0 Å². The van der Waals surface area contributed by atoms with Crippen molar-refractivity contribution in [2.75, 3.05) is 0 Å². The molecule has 0 radical (unpaired) electrons. The van der Waals surface area contributed by atoms with Crippen molar-refractivity contribution >= 4 is 5.78 Å². The fourth-order valence-corrected chi connectivity index (χ4v) is 6.52. The zero-order chi connectivity index (χ0) is 15.7. The molecular formula is C20H28O2. The Morgan fingerprint density at radius 3 is 2.73 bits per heavy atom. The number of hydrogen-bond acceptors (Lipinski definition) is 2. The van der Waals surface area contributed by atoms with Crippen molar-refractivity contribution in [3.63, 3.8) is 0 Å². The molecule has 7 atom stereocenters. The molecule has 2 nitrogen and oxygen atoms in total. The van der Waals surface area contributed by atoms with E-state index in [0.29, 0.717) is 23.7 Å². The Balaban J connectivity index is 1.75. The molecule has 3 saturated carbocycles. The number of carbonyl (C=O) groups excluding carboxylic acids is 1. The van der Waals surface area contributed by atoms with Gasteiger partial charge in [-0.2, -0.15) is 0 Å². The number of aliphatic hydroxyl groups is 1. The van der Waals surface area contributed by atoms with Crippen LogP contribution in [0, 0.1) is 34.5 Å². The summed E-state index contributed by atoms with van der Waals surface area (Å²) in [5.41, 5.74) is 1.55. The predicted octanol–water partition coefficient (Wildman–Crippen LogP) is 3.90. The van der Waals surface area contributed by atoms with E-state index < -0.39 is 0 Å². The maximum atomic E-state index is 11.8. The molecule has 0 aliphatic heterocycles. The fraction of sp³-hybridized carbons (Fsp3) is 0.750. The molecule has 0 aromatic heterocycles. The van der Waals surface area contributed by atoms with E-state index in [9.17, 15) is 9.90 Å². The molecule has 4 rings (SSSR count). The molecule has 0 saturated heterocycles. The van der Waals surface area contributed by atoms with Crippen LogP contribution in [0.1, 0.15) is 52.9 Å². The Bertz CT molecular complexity index is 574. The van der Waals surface area contributed by atoms with Crippen LogP contribution in [0.5, 0.6) is 0 Å². The summed E-state index contributed by atoms with van der Waals surface area (Å²) in [5, 5.41) is 10.5. The van der Waals surface area contributed by atoms with E-state index in [2.05, 4.69) is 26.8 Å². The third kappa shape index (κ3) is 1.73. The summed E-state index contributed by atoms with van der Waals surface area (Å²) < 4.78 is 0. The Kier molecular flexibility index (Phi) is 3.05. The van der Waals surface area contributed by atoms with E-state index >= 15 is 0 Å². The SMILES string of the molecule is C[C@H]1CC2=CC(=O)C=C[C@]2(C)[C@H]2CC[C@]3(C)[C@@H](O)CC[C@H]3[C@H]12. The third-order valence-electron chi connectivity index (χ3n) is 7.85. The van der Waals surface area contributed by atoms with Gasteiger partial charge in [-0.05, 0) is 73.3 Å². The van der Waals surface area contributed by atoms with Gasteiger partial charge in [-0.1, -0.05) is 32.4 Å². The Morgan fingerprint density at radius 1 is 1.18 bits per heavy atom. The van der Waals surface area contributed by atoms with Crippen molar-refractivity contribution in [3.05, 3.63) is 23.8 Å². The summed E-state index contributed by atoms with van der Waals surface area (Å²) in [6, 6.07) is 0. The van der Waals surface area contributed by atoms with E-state index in [-0.39, 0.29) is 22.7 Å². The molecule has 1 N–H and O–H groups in total. The highest BCUT2D eigenvalue weighted by Crippen LogP contribution is 2.65. The lowest BCUT2D eigenvalue weighted by atomic mass is 9.46. The fourth-order valence-electron chi connectivity index (χ4n) is 6.52. The minimum atomic E-state index is -0.112. The zero-order valence-corrected chi connectivity index (χ0v) is 14.0. The van der Waals surface area contributed by atoms with Crippen LogP contribution in [0.3, 0.4) is 0 Å². The van der Waals surface area contributed by atoms with E-state index in [1.165, 1.54) is 18.4 Å². The molecule has 120 valence electrons. The van der Waals surface area contributed by atoms with Crippen molar-refractivity contribution in [1.82, 2.24) is 0 Å². The second-order valence-corrected chi connectivity index (χ2v) is 8.80. The molecule has 4 aliphatic carbocycles. The van der Waals surface area contributed by atoms with Gasteiger partial charge < -0.3 is 5.11 Å². The van der Waals surface area contributed by atoms with Crippen LogP contribution < -0.4 is 0 Å². The minimum absolute atomic E-state index is 0.0694. The van der Waals surface area contributed by atoms with Crippen LogP contribution >= 0.6 is 0 Å². The van der Waals surface area contributed by atoms with E-state index in [4.69, 9.17) is 0 Å². The van der Waals surface area contributed by atoms with Crippen molar-refractivity contribution in [3.8, 4) is 0 Å². The molecular weight excluding hydrogens is 272 g/mol. The molecule has 0 bridgehead atoms. The van der Waals surface area contributed by atoms with E-state index in [1.54, 1.807) is 6.08 Å². The quantitative estimate of drug-likeness (QED) is 0.736. The van der Waals surface area contributed by atoms with Crippen molar-refractivity contribution in [2.45, 2.75) is 59.0 Å². The second-order valence-electron chi connectivity index (χ2n) is 8.80. The van der Waals surface area contributed by atoms with Crippen molar-refractivity contribution in [2.24, 2.45) is 34.5 Å². The standard InChI is InChI=1S/C20H28O2/c1-12-10-13-11-14(21)6-8-19(13,2)16-7-9-20(3)15(18(12)16)4-5-17(20)22/h6,8,11-12,15-18,22H,4-5,7,9-10H2,1-3H3/t12-,15-,16-,17-,18-,19-,20-/m0/s1. The number of rotatable bonds is 0. The zero-order valence-electron chi connectivity index (χ0n) is 14.0. The lowest BCUT2D eigenvalue weighted by molar-refractivity contribution is -0.111. The number of fused-ring (bicyclic) bond motifs is 5. The smallest absolute Gasteiger partial charge is 0.178 e. The molecule has 0 aromatic rings. The van der Waals surface area contributed by atoms with Crippen LogP contribution in [0.2, 0.25) is 0 Å². The number of hydrogen-bond donors (Lipinski definition) is 1. The number of ketones is 1. The Labute approximate surface area is 133 Å². The van der Waals surface area contributed by atoms with Crippen LogP contribution in [0.4, 0.5) is 0 Å². The molecule has 22 heavy (non-hydrogen) atoms. The number of aliphatic hydroxyl groups excluding tert-OH is 1. The first-order valence-electron chi connectivity index (χ1n) is 8.98. The first-order valence-corrected chi connectivity index (χ1v) is 8.98. The maximum Gasteiger partial charge on any atom is 0.178 e. The van der Waals surface area contributed by atoms with Gasteiger partial charge in [0.15, 0.2) is 5.78 Å². The minimum Gasteiger partial charge on any atom is -0.393 e. The summed E-state index contributed by atoms with van der Waals surface area (Å²) >= 11 is 0. The highest BCUT2D eigenvalue weighted by atomic mass is 16.3. The Morgan fingerprint density at radius 2 is 1.95 bits per heavy atom. The highest BCUT2D eigenvalue weighted by Gasteiger charge is 2.59. The average Bonchev–Trinajstić information content (AvgIpc) is 2.77. The van der Waals surface area contributed by atoms with Crippen molar-refractivity contribution < 1.29 is 9.90 Å². The first-order chi connectivity index (χ1) is 10.4. The van der Waals surface area contributed by atoms with Gasteiger partial charge in [0.1, 0.15) is 0 Å². The molecule has 0 spiro atoms. The largest absolute Gasteiger partial charge is 0.393 e. The second kappa shape index (κ2) is 4.56. The molecule has 2 heteroatoms. The summed E-state index contributed by atoms with van der Waals surface area (Å²) in [6.07, 6.45) is 11.3. The lowest BCUT2D eigenvalue weighted by Crippen LogP contribution is -2.53. The topological polar surface area (TPSA) is 37.3 Å². The number of allylic oxidation sites excluding steroid dienone is 4. The van der Waals surface area contributed by atoms with E-state index in [1.807, 2.05) is 6.08 Å². The van der Waals surface area contributed by atoms with Gasteiger partial charge in [0.05, 0.1) is 6.10 Å². The monoisotopic (exact) mass is 300 g/mol. The van der Waals surface area contributed by atoms with Crippen LogP contribution in [0.25, 0.3) is 0 Å². The van der Waals surface area contributed by atoms with Crippen LogP contribution in [0.15, 0.2) is 23.8 Å². The Hall–Kier alpha value is -0.890. The van der Waals surface area contributed by atoms with Crippen LogP contribution in [-0.2, 0) is 4.79 Å². The van der Waals surface area contributed by atoms with Crippen molar-refractivity contribution in [1.29, 1.82) is 0 Å². The molecule has 0 unspecified atom stereocenters. The van der Waals surface area contributed by atoms with Gasteiger partial charge in [-0.15, -0.1) is 0 Å². The third-order valence-corrected chi connectivity index (χ3v) is 7.85. The van der Waals surface area contributed by atoms with E-state index in [0.717, 1.165) is 19.3 Å². The average molecular weight is 300 g/mol. The normalized spacial score (nSPS) is 53.5. The molecule has 0 amide bonds. The summed E-state index contributed by atoms with van der Waals surface area (Å²) in [6.45, 7) is 7.04. The summed E-state index contributed by atoms with van der Waals surface area (Å²) in [4.78, 5) is 11.8. The molecule has 0 heterocycles. The van der Waals surface area contributed by atoms with Gasteiger partial charge in [-0.3, -0.25) is 4.79 Å². The van der Waals surface area contributed by atoms with Gasteiger partial charge >= 0.3 is 0 Å².